The van der Waals surface area contributed by atoms with E-state index in [1.165, 1.54) is 17.0 Å². The van der Waals surface area contributed by atoms with Crippen LogP contribution in [0.5, 0.6) is 5.75 Å². The first-order chi connectivity index (χ1) is 16.9. The van der Waals surface area contributed by atoms with Crippen molar-refractivity contribution in [3.05, 3.63) is 65.7 Å². The number of aromatic hydroxyl groups is 1. The van der Waals surface area contributed by atoms with Crippen molar-refractivity contribution in [2.75, 3.05) is 6.54 Å². The van der Waals surface area contributed by atoms with Gasteiger partial charge in [-0.3, -0.25) is 9.59 Å². The van der Waals surface area contributed by atoms with Gasteiger partial charge >= 0.3 is 6.09 Å². The Morgan fingerprint density at radius 3 is 2.22 bits per heavy atom. The number of nitrogens with zero attached hydrogens (tertiary/aromatic N) is 1. The van der Waals surface area contributed by atoms with Crippen molar-refractivity contribution < 1.29 is 24.2 Å². The van der Waals surface area contributed by atoms with Crippen LogP contribution in [0.25, 0.3) is 0 Å². The van der Waals surface area contributed by atoms with Crippen LogP contribution in [0.4, 0.5) is 4.79 Å². The average Bonchev–Trinajstić information content (AvgIpc) is 2.77. The summed E-state index contributed by atoms with van der Waals surface area (Å²) in [6.07, 6.45) is 0.0897. The fourth-order valence-electron chi connectivity index (χ4n) is 3.84. The second-order valence-corrected chi connectivity index (χ2v) is 10.1. The molecule has 0 saturated carbocycles. The van der Waals surface area contributed by atoms with Gasteiger partial charge in [-0.05, 0) is 64.3 Å². The van der Waals surface area contributed by atoms with Crippen molar-refractivity contribution in [3.63, 3.8) is 0 Å². The molecule has 3 N–H and O–H groups in total. The molecule has 0 bridgehead atoms. The lowest BCUT2D eigenvalue weighted by Crippen LogP contribution is -2.54. The minimum atomic E-state index is -0.995. The number of phenols is 1. The van der Waals surface area contributed by atoms with Crippen LogP contribution in [0.3, 0.4) is 0 Å². The molecule has 2 atom stereocenters. The molecule has 3 amide bonds. The Morgan fingerprint density at radius 2 is 1.67 bits per heavy atom. The quantitative estimate of drug-likeness (QED) is 0.453. The van der Waals surface area contributed by atoms with Gasteiger partial charge < -0.3 is 25.4 Å². The van der Waals surface area contributed by atoms with Gasteiger partial charge in [-0.15, -0.1) is 0 Å². The van der Waals surface area contributed by atoms with Gasteiger partial charge in [-0.25, -0.2) is 4.79 Å². The first-order valence-electron chi connectivity index (χ1n) is 12.3. The van der Waals surface area contributed by atoms with Crippen molar-refractivity contribution in [1.29, 1.82) is 0 Å². The first kappa shape index (κ1) is 28.7. The molecule has 2 aromatic rings. The van der Waals surface area contributed by atoms with Crippen LogP contribution in [0.15, 0.2) is 54.6 Å². The average molecular weight is 498 g/mol. The fraction of sp³-hybridized carbons (Fsp3) is 0.464. The molecule has 0 aliphatic rings. The Morgan fingerprint density at radius 1 is 1.00 bits per heavy atom. The van der Waals surface area contributed by atoms with E-state index in [1.807, 2.05) is 51.1 Å². The highest BCUT2D eigenvalue weighted by atomic mass is 16.6. The van der Waals surface area contributed by atoms with Crippen LogP contribution >= 0.6 is 0 Å². The topological polar surface area (TPSA) is 108 Å². The minimum Gasteiger partial charge on any atom is -0.508 e. The predicted molar refractivity (Wildman–Crippen MR) is 139 cm³/mol. The number of hydrogen-bond acceptors (Lipinski definition) is 5. The highest BCUT2D eigenvalue weighted by Gasteiger charge is 2.36. The number of benzene rings is 2. The molecule has 36 heavy (non-hydrogen) atoms. The fourth-order valence-corrected chi connectivity index (χ4v) is 3.84. The summed E-state index contributed by atoms with van der Waals surface area (Å²) >= 11 is 0. The highest BCUT2D eigenvalue weighted by molar-refractivity contribution is 5.92. The molecule has 0 heterocycles. The third-order valence-electron chi connectivity index (χ3n) is 5.20. The molecule has 2 unspecified atom stereocenters. The Labute approximate surface area is 214 Å². The van der Waals surface area contributed by atoms with E-state index in [0.717, 1.165) is 5.56 Å². The van der Waals surface area contributed by atoms with E-state index in [0.29, 0.717) is 12.0 Å². The van der Waals surface area contributed by atoms with Crippen LogP contribution in [0.2, 0.25) is 0 Å². The molecule has 0 aromatic heterocycles. The van der Waals surface area contributed by atoms with Crippen LogP contribution < -0.4 is 10.6 Å². The standard InChI is InChI=1S/C28H39N3O5/c1-7-16-31(24(25(33)29-19(2)3)21-14-11-15-22(32)18-21)26(34)23(17-20-12-9-8-10-13-20)30-27(35)36-28(4,5)6/h8-15,18-19,23-24,32H,7,16-17H2,1-6H3,(H,29,33)(H,30,35). The summed E-state index contributed by atoms with van der Waals surface area (Å²) in [4.78, 5) is 41.6. The summed E-state index contributed by atoms with van der Waals surface area (Å²) in [6, 6.07) is 13.5. The molecular weight excluding hydrogens is 458 g/mol. The van der Waals surface area contributed by atoms with Crippen molar-refractivity contribution in [2.45, 2.75) is 78.1 Å². The lowest BCUT2D eigenvalue weighted by molar-refractivity contribution is -0.142. The van der Waals surface area contributed by atoms with Gasteiger partial charge in [0.1, 0.15) is 23.4 Å². The van der Waals surface area contributed by atoms with E-state index in [-0.39, 0.29) is 30.7 Å². The van der Waals surface area contributed by atoms with Gasteiger partial charge in [-0.1, -0.05) is 49.4 Å². The molecule has 0 aliphatic carbocycles. The molecule has 8 heteroatoms. The number of nitrogens with one attached hydrogen (secondary N) is 2. The molecule has 0 radical (unpaired) electrons. The second-order valence-electron chi connectivity index (χ2n) is 10.1. The number of carbonyl (C=O) groups is 3. The van der Waals surface area contributed by atoms with E-state index in [2.05, 4.69) is 10.6 Å². The maximum Gasteiger partial charge on any atom is 0.408 e. The summed E-state index contributed by atoms with van der Waals surface area (Å²) < 4.78 is 5.42. The number of hydrogen-bond donors (Lipinski definition) is 3. The van der Waals surface area contributed by atoms with Crippen molar-refractivity contribution >= 4 is 17.9 Å². The summed E-state index contributed by atoms with van der Waals surface area (Å²) in [5, 5.41) is 15.7. The predicted octanol–water partition coefficient (Wildman–Crippen LogP) is 4.33. The normalized spacial score (nSPS) is 13.0. The molecule has 8 nitrogen and oxygen atoms in total. The van der Waals surface area contributed by atoms with Crippen LogP contribution in [0.1, 0.15) is 65.1 Å². The molecule has 0 aliphatic heterocycles. The maximum atomic E-state index is 14.0. The smallest absolute Gasteiger partial charge is 0.408 e. The zero-order valence-electron chi connectivity index (χ0n) is 22.1. The van der Waals surface area contributed by atoms with Gasteiger partial charge in [-0.2, -0.15) is 0 Å². The molecule has 196 valence electrons. The van der Waals surface area contributed by atoms with Gasteiger partial charge in [0.15, 0.2) is 0 Å². The number of rotatable bonds is 10. The van der Waals surface area contributed by atoms with E-state index >= 15 is 0 Å². The van der Waals surface area contributed by atoms with Crippen LogP contribution in [0, 0.1) is 0 Å². The Hall–Kier alpha value is -3.55. The highest BCUT2D eigenvalue weighted by Crippen LogP contribution is 2.26. The van der Waals surface area contributed by atoms with E-state index in [1.54, 1.807) is 32.9 Å². The zero-order chi connectivity index (χ0) is 26.9. The van der Waals surface area contributed by atoms with Gasteiger partial charge in [0.05, 0.1) is 0 Å². The molecule has 0 saturated heterocycles. The van der Waals surface area contributed by atoms with E-state index in [9.17, 15) is 19.5 Å². The van der Waals surface area contributed by atoms with E-state index < -0.39 is 29.7 Å². The second kappa shape index (κ2) is 13.0. The number of phenolic OH excluding ortho intramolecular Hbond substituents is 1. The number of alkyl carbamates (subject to hydrolysis) is 1. The number of ether oxygens (including phenoxy) is 1. The van der Waals surface area contributed by atoms with Crippen molar-refractivity contribution in [2.24, 2.45) is 0 Å². The Balaban J connectivity index is 2.50. The number of amides is 3. The molecule has 0 fully saturated rings. The Bertz CT molecular complexity index is 1020. The van der Waals surface area contributed by atoms with Crippen LogP contribution in [-0.2, 0) is 20.7 Å². The number of carbonyl (C=O) groups excluding carboxylic acids is 3. The summed E-state index contributed by atoms with van der Waals surface area (Å²) in [5.41, 5.74) is 0.587. The third kappa shape index (κ3) is 8.91. The van der Waals surface area contributed by atoms with Gasteiger partial charge in [0.2, 0.25) is 11.8 Å². The van der Waals surface area contributed by atoms with Gasteiger partial charge in [0, 0.05) is 19.0 Å². The van der Waals surface area contributed by atoms with Crippen molar-refractivity contribution in [1.82, 2.24) is 15.5 Å². The Kier molecular flexibility index (Phi) is 10.3. The lowest BCUT2D eigenvalue weighted by Gasteiger charge is -2.34. The summed E-state index contributed by atoms with van der Waals surface area (Å²) in [6.45, 7) is 11.1. The minimum absolute atomic E-state index is 0.00791. The molecule has 2 aromatic carbocycles. The molecule has 2 rings (SSSR count). The largest absolute Gasteiger partial charge is 0.508 e. The van der Waals surface area contributed by atoms with E-state index in [4.69, 9.17) is 4.74 Å². The van der Waals surface area contributed by atoms with Gasteiger partial charge in [0.25, 0.3) is 0 Å². The summed E-state index contributed by atoms with van der Waals surface area (Å²) in [7, 11) is 0. The molecular formula is C28H39N3O5. The summed E-state index contributed by atoms with van der Waals surface area (Å²) in [5.74, 6) is -0.793. The van der Waals surface area contributed by atoms with Crippen LogP contribution in [-0.4, -0.2) is 52.1 Å². The third-order valence-corrected chi connectivity index (χ3v) is 5.20. The first-order valence-corrected chi connectivity index (χ1v) is 12.3. The lowest BCUT2D eigenvalue weighted by atomic mass is 9.99. The zero-order valence-corrected chi connectivity index (χ0v) is 22.1. The SMILES string of the molecule is CCCN(C(=O)C(Cc1ccccc1)NC(=O)OC(C)(C)C)C(C(=O)NC(C)C)c1cccc(O)c1. The molecule has 0 spiro atoms. The monoisotopic (exact) mass is 497 g/mol. The van der Waals surface area contributed by atoms with Crippen molar-refractivity contribution in [3.8, 4) is 5.75 Å². The maximum absolute atomic E-state index is 14.0.